The van der Waals surface area contributed by atoms with Crippen LogP contribution in [-0.4, -0.2) is 27.6 Å². The fourth-order valence-electron chi connectivity index (χ4n) is 3.54. The lowest BCUT2D eigenvalue weighted by molar-refractivity contribution is -0.378. The number of ether oxygens (including phenoxy) is 1. The van der Waals surface area contributed by atoms with Gasteiger partial charge < -0.3 is 19.9 Å². The SMILES string of the molecule is N[C@H](COc1c[nH+]cc(-c2cnc3[nH]c(=O)oc3c2)c1)Cc1c[nH]c2ccccc12. The summed E-state index contributed by atoms with van der Waals surface area (Å²) in [5, 5.41) is 1.18. The number of hydrogen-bond acceptors (Lipinski definition) is 5. The van der Waals surface area contributed by atoms with Crippen molar-refractivity contribution >= 4 is 22.1 Å². The van der Waals surface area contributed by atoms with Gasteiger partial charge >= 0.3 is 5.76 Å². The molecule has 1 aromatic carbocycles. The van der Waals surface area contributed by atoms with E-state index in [1.54, 1.807) is 18.5 Å². The number of aromatic nitrogens is 4. The second kappa shape index (κ2) is 7.49. The molecule has 0 saturated carbocycles. The van der Waals surface area contributed by atoms with Gasteiger partial charge in [-0.1, -0.05) is 18.2 Å². The molecule has 1 atom stereocenters. The molecule has 0 aliphatic carbocycles. The topological polar surface area (TPSA) is 124 Å². The molecule has 0 aliphatic heterocycles. The van der Waals surface area contributed by atoms with Crippen molar-refractivity contribution in [3.05, 3.63) is 77.3 Å². The van der Waals surface area contributed by atoms with Crippen LogP contribution in [0.15, 0.2) is 70.4 Å². The molecule has 4 aromatic heterocycles. The number of hydrogen-bond donors (Lipinski definition) is 3. The Morgan fingerprint density at radius 3 is 3.03 bits per heavy atom. The molecule has 0 bridgehead atoms. The number of rotatable bonds is 6. The lowest BCUT2D eigenvalue weighted by Crippen LogP contribution is -2.30. The van der Waals surface area contributed by atoms with E-state index in [0.29, 0.717) is 30.0 Å². The van der Waals surface area contributed by atoms with Gasteiger partial charge in [-0.2, -0.15) is 0 Å². The standard InChI is InChI=1S/C22H19N5O3/c23-16(5-15-10-25-19-4-2-1-3-18(15)19)12-29-17-6-13(8-24-11-17)14-7-20-21(26-9-14)27-22(28)30-20/h1-4,6-11,16,25H,5,12,23H2,(H,26,27,28)/p+1/t16-/m0/s1. The molecule has 5 aromatic rings. The Hall–Kier alpha value is -3.91. The minimum absolute atomic E-state index is 0.153. The van der Waals surface area contributed by atoms with Crippen LogP contribution in [0.3, 0.4) is 0 Å². The predicted molar refractivity (Wildman–Crippen MR) is 112 cm³/mol. The maximum absolute atomic E-state index is 11.3. The summed E-state index contributed by atoms with van der Waals surface area (Å²) in [6.07, 6.45) is 7.97. The Kier molecular flexibility index (Phi) is 4.53. The monoisotopic (exact) mass is 402 g/mol. The number of nitrogens with two attached hydrogens (primary N) is 1. The summed E-state index contributed by atoms with van der Waals surface area (Å²) < 4.78 is 11.0. The van der Waals surface area contributed by atoms with E-state index >= 15 is 0 Å². The number of nitrogens with one attached hydrogen (secondary N) is 3. The number of nitrogens with zero attached hydrogens (tertiary/aromatic N) is 1. The molecule has 0 amide bonds. The van der Waals surface area contributed by atoms with Crippen molar-refractivity contribution in [2.24, 2.45) is 5.73 Å². The highest BCUT2D eigenvalue weighted by Gasteiger charge is 2.12. The molecule has 5 rings (SSSR count). The van der Waals surface area contributed by atoms with Gasteiger partial charge in [-0.3, -0.25) is 4.98 Å². The Balaban J connectivity index is 1.28. The lowest BCUT2D eigenvalue weighted by Gasteiger charge is -2.12. The van der Waals surface area contributed by atoms with E-state index in [2.05, 4.69) is 26.0 Å². The number of oxazole rings is 1. The zero-order chi connectivity index (χ0) is 20.5. The molecule has 0 radical (unpaired) electrons. The first kappa shape index (κ1) is 18.1. The van der Waals surface area contributed by atoms with E-state index in [9.17, 15) is 4.79 Å². The van der Waals surface area contributed by atoms with E-state index in [1.165, 1.54) is 10.9 Å². The van der Waals surface area contributed by atoms with Gasteiger partial charge in [-0.15, -0.1) is 0 Å². The Morgan fingerprint density at radius 2 is 2.10 bits per heavy atom. The molecule has 8 heteroatoms. The molecule has 0 unspecified atom stereocenters. The van der Waals surface area contributed by atoms with Crippen LogP contribution < -0.4 is 21.2 Å². The maximum atomic E-state index is 11.3. The third kappa shape index (κ3) is 3.56. The molecule has 0 saturated heterocycles. The molecule has 5 N–H and O–H groups in total. The van der Waals surface area contributed by atoms with Crippen molar-refractivity contribution in [3.63, 3.8) is 0 Å². The van der Waals surface area contributed by atoms with Crippen molar-refractivity contribution < 1.29 is 14.1 Å². The third-order valence-electron chi connectivity index (χ3n) is 4.99. The molecule has 0 aliphatic rings. The van der Waals surface area contributed by atoms with Gasteiger partial charge in [0.2, 0.25) is 6.20 Å². The number of para-hydroxylation sites is 1. The molecular formula is C22H20N5O3+. The van der Waals surface area contributed by atoms with Crippen molar-refractivity contribution in [3.8, 4) is 16.9 Å². The summed E-state index contributed by atoms with van der Waals surface area (Å²) >= 11 is 0. The number of H-pyrrole nitrogens is 3. The fraction of sp³-hybridized carbons (Fsp3) is 0.136. The van der Waals surface area contributed by atoms with Crippen LogP contribution in [0, 0.1) is 0 Å². The lowest BCUT2D eigenvalue weighted by atomic mass is 10.1. The summed E-state index contributed by atoms with van der Waals surface area (Å²) in [7, 11) is 0. The summed E-state index contributed by atoms with van der Waals surface area (Å²) in [4.78, 5) is 24.4. The van der Waals surface area contributed by atoms with Gasteiger partial charge in [0.25, 0.3) is 0 Å². The molecule has 0 spiro atoms. The van der Waals surface area contributed by atoms with E-state index in [-0.39, 0.29) is 6.04 Å². The Bertz CT molecular complexity index is 1380. The van der Waals surface area contributed by atoms with Crippen molar-refractivity contribution in [2.45, 2.75) is 12.5 Å². The quantitative estimate of drug-likeness (QED) is 0.402. The predicted octanol–water partition coefficient (Wildman–Crippen LogP) is 2.43. The van der Waals surface area contributed by atoms with Crippen LogP contribution in [0.1, 0.15) is 5.56 Å². The van der Waals surface area contributed by atoms with Gasteiger partial charge in [-0.05, 0) is 24.1 Å². The second-order valence-corrected chi connectivity index (χ2v) is 7.18. The van der Waals surface area contributed by atoms with E-state index in [0.717, 1.165) is 16.6 Å². The third-order valence-corrected chi connectivity index (χ3v) is 4.99. The highest BCUT2D eigenvalue weighted by atomic mass is 16.5. The molecule has 8 nitrogen and oxygen atoms in total. The van der Waals surface area contributed by atoms with Gasteiger partial charge in [0.05, 0.1) is 5.56 Å². The molecule has 30 heavy (non-hydrogen) atoms. The van der Waals surface area contributed by atoms with E-state index < -0.39 is 5.76 Å². The molecule has 0 fully saturated rings. The minimum atomic E-state index is -0.525. The highest BCUT2D eigenvalue weighted by molar-refractivity contribution is 5.83. The average Bonchev–Trinajstić information content (AvgIpc) is 3.34. The van der Waals surface area contributed by atoms with Crippen LogP contribution in [0.5, 0.6) is 5.75 Å². The largest absolute Gasteiger partial charge is 0.486 e. The van der Waals surface area contributed by atoms with Gasteiger partial charge in [0.15, 0.2) is 23.2 Å². The Labute approximate surface area is 170 Å². The van der Waals surface area contributed by atoms with Crippen molar-refractivity contribution in [1.29, 1.82) is 0 Å². The first-order chi connectivity index (χ1) is 14.7. The maximum Gasteiger partial charge on any atom is 0.418 e. The van der Waals surface area contributed by atoms with Crippen LogP contribution in [0.2, 0.25) is 0 Å². The van der Waals surface area contributed by atoms with Crippen LogP contribution >= 0.6 is 0 Å². The Morgan fingerprint density at radius 1 is 1.20 bits per heavy atom. The average molecular weight is 402 g/mol. The van der Waals surface area contributed by atoms with Gasteiger partial charge in [0, 0.05) is 41.0 Å². The number of pyridine rings is 2. The van der Waals surface area contributed by atoms with Crippen LogP contribution in [-0.2, 0) is 6.42 Å². The van der Waals surface area contributed by atoms with Crippen molar-refractivity contribution in [1.82, 2.24) is 15.0 Å². The van der Waals surface area contributed by atoms with Crippen LogP contribution in [0.25, 0.3) is 33.3 Å². The molecular weight excluding hydrogens is 382 g/mol. The van der Waals surface area contributed by atoms with Gasteiger partial charge in [-0.25, -0.2) is 14.8 Å². The minimum Gasteiger partial charge on any atom is -0.486 e. The molecule has 4 heterocycles. The van der Waals surface area contributed by atoms with E-state index in [1.807, 2.05) is 36.7 Å². The zero-order valence-electron chi connectivity index (χ0n) is 16.0. The summed E-state index contributed by atoms with van der Waals surface area (Å²) in [5.41, 5.74) is 11.1. The van der Waals surface area contributed by atoms with Crippen LogP contribution in [0.4, 0.5) is 0 Å². The smallest absolute Gasteiger partial charge is 0.418 e. The molecule has 150 valence electrons. The van der Waals surface area contributed by atoms with Gasteiger partial charge in [0.1, 0.15) is 6.61 Å². The van der Waals surface area contributed by atoms with E-state index in [4.69, 9.17) is 14.9 Å². The number of fused-ring (bicyclic) bond motifs is 2. The fourth-order valence-corrected chi connectivity index (χ4v) is 3.54. The number of benzene rings is 1. The summed E-state index contributed by atoms with van der Waals surface area (Å²) in [6.45, 7) is 0.376. The number of aromatic amines is 3. The van der Waals surface area contributed by atoms with Crippen molar-refractivity contribution in [2.75, 3.05) is 6.61 Å². The second-order valence-electron chi connectivity index (χ2n) is 7.18. The summed E-state index contributed by atoms with van der Waals surface area (Å²) in [6, 6.07) is 11.7. The zero-order valence-corrected chi connectivity index (χ0v) is 16.0. The normalized spacial score (nSPS) is 12.4. The summed E-state index contributed by atoms with van der Waals surface area (Å²) in [5.74, 6) is 0.139. The first-order valence-electron chi connectivity index (χ1n) is 9.59. The first-order valence-corrected chi connectivity index (χ1v) is 9.59. The highest BCUT2D eigenvalue weighted by Crippen LogP contribution is 2.24.